The molecule has 2 atom stereocenters. The third-order valence-corrected chi connectivity index (χ3v) is 3.62. The highest BCUT2D eigenvalue weighted by Gasteiger charge is 2.26. The van der Waals surface area contributed by atoms with Crippen LogP contribution in [-0.2, 0) is 0 Å². The van der Waals surface area contributed by atoms with Crippen LogP contribution in [0.15, 0.2) is 18.2 Å². The Kier molecular flexibility index (Phi) is 2.57. The van der Waals surface area contributed by atoms with E-state index in [9.17, 15) is 0 Å². The first-order valence-corrected chi connectivity index (χ1v) is 5.81. The van der Waals surface area contributed by atoms with Crippen molar-refractivity contribution >= 4 is 11.6 Å². The summed E-state index contributed by atoms with van der Waals surface area (Å²) in [5.74, 6) is 1.23. The summed E-state index contributed by atoms with van der Waals surface area (Å²) >= 11 is 6.31. The molecule has 14 heavy (non-hydrogen) atoms. The predicted molar refractivity (Wildman–Crippen MR) is 62.2 cm³/mol. The molecular formula is C13H17Cl. The van der Waals surface area contributed by atoms with Crippen LogP contribution in [0.1, 0.15) is 61.1 Å². The first kappa shape index (κ1) is 10.0. The molecule has 0 spiro atoms. The van der Waals surface area contributed by atoms with Gasteiger partial charge in [-0.1, -0.05) is 39.0 Å². The maximum atomic E-state index is 6.31. The Morgan fingerprint density at radius 1 is 1.29 bits per heavy atom. The second-order valence-corrected chi connectivity index (χ2v) is 5.17. The minimum atomic E-state index is 0.235. The molecule has 1 aromatic rings. The summed E-state index contributed by atoms with van der Waals surface area (Å²) in [5, 5.41) is 0.235. The van der Waals surface area contributed by atoms with Gasteiger partial charge in [-0.15, -0.1) is 11.6 Å². The van der Waals surface area contributed by atoms with Crippen LogP contribution in [0.25, 0.3) is 0 Å². The van der Waals surface area contributed by atoms with E-state index in [0.29, 0.717) is 11.8 Å². The molecule has 1 aliphatic carbocycles. The molecule has 0 fully saturated rings. The molecule has 1 heteroatoms. The van der Waals surface area contributed by atoms with Gasteiger partial charge in [-0.05, 0) is 34.9 Å². The van der Waals surface area contributed by atoms with Crippen LogP contribution >= 0.6 is 11.6 Å². The third kappa shape index (κ3) is 1.56. The number of hydrogen-bond acceptors (Lipinski definition) is 0. The number of fused-ring (bicyclic) bond motifs is 1. The molecule has 0 saturated carbocycles. The molecule has 1 aliphatic rings. The lowest BCUT2D eigenvalue weighted by atomic mass is 9.96. The summed E-state index contributed by atoms with van der Waals surface area (Å²) < 4.78 is 0. The van der Waals surface area contributed by atoms with Crippen molar-refractivity contribution in [2.24, 2.45) is 0 Å². The van der Waals surface area contributed by atoms with Gasteiger partial charge in [0.05, 0.1) is 5.38 Å². The van der Waals surface area contributed by atoms with Crippen molar-refractivity contribution in [1.82, 2.24) is 0 Å². The van der Waals surface area contributed by atoms with E-state index in [2.05, 4.69) is 39.0 Å². The quantitative estimate of drug-likeness (QED) is 0.592. The molecule has 0 bridgehead atoms. The van der Waals surface area contributed by atoms with Gasteiger partial charge in [-0.25, -0.2) is 0 Å². The summed E-state index contributed by atoms with van der Waals surface area (Å²) in [6, 6.07) is 6.80. The largest absolute Gasteiger partial charge is 0.118 e. The monoisotopic (exact) mass is 208 g/mol. The van der Waals surface area contributed by atoms with E-state index in [0.717, 1.165) is 6.42 Å². The highest BCUT2D eigenvalue weighted by Crippen LogP contribution is 2.44. The molecule has 2 unspecified atom stereocenters. The highest BCUT2D eigenvalue weighted by atomic mass is 35.5. The fourth-order valence-electron chi connectivity index (χ4n) is 2.24. The second kappa shape index (κ2) is 3.58. The van der Waals surface area contributed by atoms with Crippen molar-refractivity contribution < 1.29 is 0 Å². The Hall–Kier alpha value is -0.490. The Labute approximate surface area is 91.3 Å². The Morgan fingerprint density at radius 2 is 2.00 bits per heavy atom. The molecule has 0 nitrogen and oxygen atoms in total. The van der Waals surface area contributed by atoms with E-state index >= 15 is 0 Å². The van der Waals surface area contributed by atoms with Crippen molar-refractivity contribution in [2.75, 3.05) is 0 Å². The van der Waals surface area contributed by atoms with E-state index in [1.807, 2.05) is 0 Å². The normalized spacial score (nSPS) is 25.5. The average molecular weight is 209 g/mol. The Balaban J connectivity index is 2.45. The van der Waals surface area contributed by atoms with Crippen molar-refractivity contribution in [3.8, 4) is 0 Å². The lowest BCUT2D eigenvalue weighted by molar-refractivity contribution is 0.733. The molecule has 0 radical (unpaired) electrons. The van der Waals surface area contributed by atoms with E-state index in [1.54, 1.807) is 0 Å². The standard InChI is InChI=1S/C13H17Cl/c1-8(2)10-4-5-11-9(3)6-13(14)12(11)7-10/h4-5,7-9,13H,6H2,1-3H3. The van der Waals surface area contributed by atoms with Crippen LogP contribution < -0.4 is 0 Å². The first-order chi connectivity index (χ1) is 6.59. The van der Waals surface area contributed by atoms with Crippen LogP contribution in [0, 0.1) is 0 Å². The molecule has 76 valence electrons. The van der Waals surface area contributed by atoms with Gasteiger partial charge in [0.15, 0.2) is 0 Å². The van der Waals surface area contributed by atoms with Crippen molar-refractivity contribution in [2.45, 2.75) is 44.4 Å². The van der Waals surface area contributed by atoms with Gasteiger partial charge in [0.2, 0.25) is 0 Å². The highest BCUT2D eigenvalue weighted by molar-refractivity contribution is 6.21. The van der Waals surface area contributed by atoms with E-state index in [4.69, 9.17) is 11.6 Å². The Morgan fingerprint density at radius 3 is 2.64 bits per heavy atom. The number of rotatable bonds is 1. The molecule has 2 rings (SSSR count). The zero-order valence-corrected chi connectivity index (χ0v) is 9.81. The van der Waals surface area contributed by atoms with Crippen LogP contribution in [0.2, 0.25) is 0 Å². The van der Waals surface area contributed by atoms with Crippen LogP contribution in [0.5, 0.6) is 0 Å². The number of halogens is 1. The van der Waals surface area contributed by atoms with Crippen LogP contribution in [0.3, 0.4) is 0 Å². The van der Waals surface area contributed by atoms with Gasteiger partial charge in [0.1, 0.15) is 0 Å². The van der Waals surface area contributed by atoms with E-state index in [-0.39, 0.29) is 5.38 Å². The van der Waals surface area contributed by atoms with E-state index < -0.39 is 0 Å². The van der Waals surface area contributed by atoms with E-state index in [1.165, 1.54) is 16.7 Å². The molecule has 1 aromatic carbocycles. The summed E-state index contributed by atoms with van der Waals surface area (Å²) in [4.78, 5) is 0. The number of alkyl halides is 1. The smallest absolute Gasteiger partial charge is 0.0593 e. The predicted octanol–water partition coefficient (Wildman–Crippen LogP) is 4.60. The van der Waals surface area contributed by atoms with Gasteiger partial charge in [0.25, 0.3) is 0 Å². The minimum absolute atomic E-state index is 0.235. The molecule has 0 saturated heterocycles. The maximum Gasteiger partial charge on any atom is 0.0593 e. The lowest BCUT2D eigenvalue weighted by Crippen LogP contribution is -1.92. The topological polar surface area (TPSA) is 0 Å². The zero-order chi connectivity index (χ0) is 10.3. The number of benzene rings is 1. The summed E-state index contributed by atoms with van der Waals surface area (Å²) in [7, 11) is 0. The maximum absolute atomic E-state index is 6.31. The van der Waals surface area contributed by atoms with Crippen molar-refractivity contribution in [1.29, 1.82) is 0 Å². The summed E-state index contributed by atoms with van der Waals surface area (Å²) in [6.07, 6.45) is 1.10. The van der Waals surface area contributed by atoms with Gasteiger partial charge in [-0.3, -0.25) is 0 Å². The molecule has 0 amide bonds. The lowest BCUT2D eigenvalue weighted by Gasteiger charge is -2.10. The third-order valence-electron chi connectivity index (χ3n) is 3.21. The molecule has 0 N–H and O–H groups in total. The second-order valence-electron chi connectivity index (χ2n) is 4.65. The molecule has 0 aliphatic heterocycles. The summed E-state index contributed by atoms with van der Waals surface area (Å²) in [6.45, 7) is 6.71. The van der Waals surface area contributed by atoms with Gasteiger partial charge < -0.3 is 0 Å². The van der Waals surface area contributed by atoms with Crippen molar-refractivity contribution in [3.05, 3.63) is 34.9 Å². The van der Waals surface area contributed by atoms with Gasteiger partial charge in [0, 0.05) is 0 Å². The van der Waals surface area contributed by atoms with Crippen LogP contribution in [-0.4, -0.2) is 0 Å². The minimum Gasteiger partial charge on any atom is -0.118 e. The first-order valence-electron chi connectivity index (χ1n) is 5.37. The fraction of sp³-hybridized carbons (Fsp3) is 0.538. The van der Waals surface area contributed by atoms with Crippen LogP contribution in [0.4, 0.5) is 0 Å². The number of hydrogen-bond donors (Lipinski definition) is 0. The summed E-state index contributed by atoms with van der Waals surface area (Å²) in [5.41, 5.74) is 4.23. The fourth-order valence-corrected chi connectivity index (χ4v) is 2.69. The zero-order valence-electron chi connectivity index (χ0n) is 9.05. The van der Waals surface area contributed by atoms with Crippen molar-refractivity contribution in [3.63, 3.8) is 0 Å². The molecule has 0 heterocycles. The average Bonchev–Trinajstić information content (AvgIpc) is 2.42. The van der Waals surface area contributed by atoms with Gasteiger partial charge in [-0.2, -0.15) is 0 Å². The molecular weight excluding hydrogens is 192 g/mol. The SMILES string of the molecule is CC(C)c1ccc2c(c1)C(Cl)CC2C. The Bertz CT molecular complexity index is 341. The van der Waals surface area contributed by atoms with Gasteiger partial charge >= 0.3 is 0 Å². The molecule has 0 aromatic heterocycles.